The van der Waals surface area contributed by atoms with Crippen molar-refractivity contribution in [2.75, 3.05) is 0 Å². The lowest BCUT2D eigenvalue weighted by Gasteiger charge is -2.29. The molecule has 1 amide bonds. The molecule has 4 heteroatoms. The molecule has 4 nitrogen and oxygen atoms in total. The first-order valence-electron chi connectivity index (χ1n) is 7.70. The highest BCUT2D eigenvalue weighted by Crippen LogP contribution is 2.45. The molecule has 1 atom stereocenters. The molecule has 24 heavy (non-hydrogen) atoms. The van der Waals surface area contributed by atoms with Crippen molar-refractivity contribution in [2.24, 2.45) is 11.5 Å². The fourth-order valence-electron chi connectivity index (χ4n) is 3.36. The zero-order valence-corrected chi connectivity index (χ0v) is 12.9. The molecule has 0 fully saturated rings. The lowest BCUT2D eigenvalue weighted by molar-refractivity contribution is -0.115. The van der Waals surface area contributed by atoms with Crippen LogP contribution < -0.4 is 16.2 Å². The van der Waals surface area contributed by atoms with Crippen LogP contribution in [0.3, 0.4) is 0 Å². The van der Waals surface area contributed by atoms with Crippen molar-refractivity contribution >= 4 is 16.7 Å². The van der Waals surface area contributed by atoms with E-state index in [0.29, 0.717) is 11.3 Å². The molecule has 0 aliphatic carbocycles. The van der Waals surface area contributed by atoms with E-state index in [0.717, 1.165) is 21.9 Å². The lowest BCUT2D eigenvalue weighted by Crippen LogP contribution is -2.30. The van der Waals surface area contributed by atoms with Crippen LogP contribution >= 0.6 is 0 Å². The van der Waals surface area contributed by atoms with Gasteiger partial charge >= 0.3 is 0 Å². The Morgan fingerprint density at radius 3 is 2.38 bits per heavy atom. The molecule has 1 heterocycles. The number of hydrogen-bond donors (Lipinski definition) is 2. The molecule has 1 aliphatic rings. The van der Waals surface area contributed by atoms with Gasteiger partial charge in [-0.1, -0.05) is 60.7 Å². The van der Waals surface area contributed by atoms with E-state index < -0.39 is 5.91 Å². The number of hydrogen-bond acceptors (Lipinski definition) is 3. The molecule has 1 unspecified atom stereocenters. The molecule has 0 aromatic heterocycles. The van der Waals surface area contributed by atoms with E-state index in [9.17, 15) is 4.79 Å². The number of primary amides is 1. The summed E-state index contributed by atoms with van der Waals surface area (Å²) in [6, 6.07) is 21.6. The number of carbonyl (C=O) groups is 1. The molecule has 3 aromatic carbocycles. The fourth-order valence-corrected chi connectivity index (χ4v) is 3.36. The number of rotatable bonds is 2. The largest absolute Gasteiger partial charge is 0.441 e. The minimum Gasteiger partial charge on any atom is -0.441 e. The Hall–Kier alpha value is -3.27. The summed E-state index contributed by atoms with van der Waals surface area (Å²) in [6.07, 6.45) is 0. The first-order chi connectivity index (χ1) is 11.7. The molecule has 4 N–H and O–H groups in total. The summed E-state index contributed by atoms with van der Waals surface area (Å²) in [4.78, 5) is 12.1. The molecule has 0 spiro atoms. The number of ether oxygens (including phenoxy) is 1. The van der Waals surface area contributed by atoms with Gasteiger partial charge in [0, 0.05) is 11.5 Å². The van der Waals surface area contributed by atoms with Crippen LogP contribution in [0.5, 0.6) is 5.75 Å². The summed E-state index contributed by atoms with van der Waals surface area (Å²) in [6.45, 7) is 0. The van der Waals surface area contributed by atoms with E-state index in [-0.39, 0.29) is 11.8 Å². The first kappa shape index (κ1) is 14.3. The maximum atomic E-state index is 12.1. The van der Waals surface area contributed by atoms with Crippen molar-refractivity contribution in [1.82, 2.24) is 0 Å². The molecule has 3 aromatic rings. The van der Waals surface area contributed by atoms with Gasteiger partial charge in [-0.05, 0) is 22.4 Å². The van der Waals surface area contributed by atoms with Crippen LogP contribution in [-0.4, -0.2) is 5.91 Å². The zero-order valence-electron chi connectivity index (χ0n) is 12.9. The number of amides is 1. The van der Waals surface area contributed by atoms with Crippen molar-refractivity contribution in [3.63, 3.8) is 0 Å². The number of benzene rings is 3. The van der Waals surface area contributed by atoms with Crippen molar-refractivity contribution in [1.29, 1.82) is 0 Å². The number of nitrogens with two attached hydrogens (primary N) is 2. The third-order valence-corrected chi connectivity index (χ3v) is 4.39. The Balaban J connectivity index is 2.08. The van der Waals surface area contributed by atoms with Gasteiger partial charge in [-0.25, -0.2) is 0 Å². The summed E-state index contributed by atoms with van der Waals surface area (Å²) >= 11 is 0. The van der Waals surface area contributed by atoms with Gasteiger partial charge in [0.15, 0.2) is 0 Å². The van der Waals surface area contributed by atoms with Gasteiger partial charge in [0.1, 0.15) is 5.75 Å². The van der Waals surface area contributed by atoms with Crippen LogP contribution in [-0.2, 0) is 4.79 Å². The van der Waals surface area contributed by atoms with E-state index >= 15 is 0 Å². The summed E-state index contributed by atoms with van der Waals surface area (Å²) in [5.41, 5.74) is 13.8. The van der Waals surface area contributed by atoms with Gasteiger partial charge in [0.25, 0.3) is 5.91 Å². The summed E-state index contributed by atoms with van der Waals surface area (Å²) < 4.78 is 5.72. The normalized spacial score (nSPS) is 16.6. The molecular formula is C20H16N2O2. The van der Waals surface area contributed by atoms with Gasteiger partial charge in [-0.3, -0.25) is 4.79 Å². The predicted molar refractivity (Wildman–Crippen MR) is 93.3 cm³/mol. The Morgan fingerprint density at radius 1 is 0.917 bits per heavy atom. The molecule has 1 aliphatic heterocycles. The molecule has 118 valence electrons. The predicted octanol–water partition coefficient (Wildman–Crippen LogP) is 3.02. The highest BCUT2D eigenvalue weighted by Gasteiger charge is 2.34. The van der Waals surface area contributed by atoms with Crippen molar-refractivity contribution < 1.29 is 9.53 Å². The van der Waals surface area contributed by atoms with Gasteiger partial charge in [0.2, 0.25) is 5.88 Å². The minimum absolute atomic E-state index is 0.0686. The van der Waals surface area contributed by atoms with E-state index in [1.54, 1.807) is 0 Å². The van der Waals surface area contributed by atoms with E-state index in [2.05, 4.69) is 0 Å². The van der Waals surface area contributed by atoms with E-state index in [1.165, 1.54) is 0 Å². The highest BCUT2D eigenvalue weighted by molar-refractivity contribution is 5.98. The minimum atomic E-state index is -0.570. The lowest BCUT2D eigenvalue weighted by atomic mass is 9.80. The molecular weight excluding hydrogens is 300 g/mol. The maximum Gasteiger partial charge on any atom is 0.250 e. The third kappa shape index (κ3) is 2.12. The summed E-state index contributed by atoms with van der Waals surface area (Å²) in [5.74, 6) is -0.192. The average Bonchev–Trinajstić information content (AvgIpc) is 2.60. The first-order valence-corrected chi connectivity index (χ1v) is 7.70. The molecule has 0 saturated carbocycles. The molecule has 0 radical (unpaired) electrons. The van der Waals surface area contributed by atoms with Crippen LogP contribution in [0.1, 0.15) is 17.0 Å². The fraction of sp³-hybridized carbons (Fsp3) is 0.0500. The van der Waals surface area contributed by atoms with Gasteiger partial charge in [0.05, 0.1) is 5.57 Å². The van der Waals surface area contributed by atoms with Crippen LogP contribution in [0.2, 0.25) is 0 Å². The van der Waals surface area contributed by atoms with E-state index in [4.69, 9.17) is 16.2 Å². The maximum absolute atomic E-state index is 12.1. The average molecular weight is 316 g/mol. The van der Waals surface area contributed by atoms with Gasteiger partial charge in [-0.2, -0.15) is 0 Å². The molecule has 0 bridgehead atoms. The van der Waals surface area contributed by atoms with Crippen molar-refractivity contribution in [3.8, 4) is 5.75 Å². The number of fused-ring (bicyclic) bond motifs is 3. The Bertz CT molecular complexity index is 977. The standard InChI is InChI=1S/C20H16N2O2/c21-19(23)18-16(13-7-2-1-3-8-13)17-14-9-5-4-6-12(14)10-11-15(17)24-20(18)22/h1-11,16H,22H2,(H2,21,23). The van der Waals surface area contributed by atoms with Crippen molar-refractivity contribution in [2.45, 2.75) is 5.92 Å². The quantitative estimate of drug-likeness (QED) is 0.763. The van der Waals surface area contributed by atoms with E-state index in [1.807, 2.05) is 66.7 Å². The second-order valence-electron chi connectivity index (χ2n) is 5.79. The van der Waals surface area contributed by atoms with Crippen LogP contribution in [0.15, 0.2) is 78.2 Å². The highest BCUT2D eigenvalue weighted by atomic mass is 16.5. The van der Waals surface area contributed by atoms with Crippen LogP contribution in [0, 0.1) is 0 Å². The smallest absolute Gasteiger partial charge is 0.250 e. The summed E-state index contributed by atoms with van der Waals surface area (Å²) in [5, 5.41) is 2.10. The molecule has 0 saturated heterocycles. The number of carbonyl (C=O) groups excluding carboxylic acids is 1. The van der Waals surface area contributed by atoms with Crippen molar-refractivity contribution in [3.05, 3.63) is 89.3 Å². The second-order valence-corrected chi connectivity index (χ2v) is 5.79. The SMILES string of the molecule is NC(=O)C1=C(N)Oc2ccc3ccccc3c2C1c1ccccc1. The Kier molecular flexibility index (Phi) is 3.24. The Labute approximate surface area is 139 Å². The van der Waals surface area contributed by atoms with Crippen LogP contribution in [0.25, 0.3) is 10.8 Å². The van der Waals surface area contributed by atoms with Gasteiger partial charge in [-0.15, -0.1) is 0 Å². The van der Waals surface area contributed by atoms with Crippen LogP contribution in [0.4, 0.5) is 0 Å². The third-order valence-electron chi connectivity index (χ3n) is 4.39. The summed E-state index contributed by atoms with van der Waals surface area (Å²) in [7, 11) is 0. The zero-order chi connectivity index (χ0) is 16.7. The monoisotopic (exact) mass is 316 g/mol. The molecule has 4 rings (SSSR count). The van der Waals surface area contributed by atoms with Gasteiger partial charge < -0.3 is 16.2 Å². The second kappa shape index (κ2) is 5.42. The Morgan fingerprint density at radius 2 is 1.62 bits per heavy atom. The topological polar surface area (TPSA) is 78.3 Å².